The molecule has 0 N–H and O–H groups in total. The van der Waals surface area contributed by atoms with Gasteiger partial charge in [0.05, 0.1) is 7.11 Å². The molecule has 1 saturated heterocycles. The first-order valence-electron chi connectivity index (χ1n) is 5.71. The molecule has 7 heteroatoms. The van der Waals surface area contributed by atoms with E-state index >= 15 is 0 Å². The maximum Gasteiger partial charge on any atom is 0.348 e. The molecule has 6 nitrogen and oxygen atoms in total. The van der Waals surface area contributed by atoms with Gasteiger partial charge in [0, 0.05) is 25.5 Å². The van der Waals surface area contributed by atoms with Gasteiger partial charge in [-0.05, 0) is 12.1 Å². The van der Waals surface area contributed by atoms with Crippen molar-refractivity contribution in [2.24, 2.45) is 0 Å². The molecular formula is C13H12ClNO5. The number of halogens is 1. The van der Waals surface area contributed by atoms with Gasteiger partial charge in [-0.15, -0.1) is 0 Å². The molecule has 0 saturated carbocycles. The second-order valence-corrected chi connectivity index (χ2v) is 4.83. The highest BCUT2D eigenvalue weighted by Gasteiger charge is 2.38. The Morgan fingerprint density at radius 2 is 1.85 bits per heavy atom. The maximum absolute atomic E-state index is 11.8. The van der Waals surface area contributed by atoms with Crippen molar-refractivity contribution in [1.82, 2.24) is 4.98 Å². The summed E-state index contributed by atoms with van der Waals surface area (Å²) in [5, 5.41) is 0.0993. The zero-order valence-electron chi connectivity index (χ0n) is 11.1. The average Bonchev–Trinajstić information content (AvgIpc) is 2.34. The van der Waals surface area contributed by atoms with E-state index < -0.39 is 17.7 Å². The predicted octanol–water partition coefficient (Wildman–Crippen LogP) is 1.96. The number of pyridine rings is 1. The first-order valence-corrected chi connectivity index (χ1v) is 6.09. The van der Waals surface area contributed by atoms with Gasteiger partial charge in [-0.25, -0.2) is 14.6 Å². The first-order chi connectivity index (χ1) is 9.32. The van der Waals surface area contributed by atoms with Crippen molar-refractivity contribution in [3.05, 3.63) is 28.4 Å². The molecule has 0 radical (unpaired) electrons. The zero-order chi connectivity index (χ0) is 14.9. The number of rotatable bonds is 2. The van der Waals surface area contributed by atoms with Crippen molar-refractivity contribution in [2.75, 3.05) is 7.11 Å². The van der Waals surface area contributed by atoms with E-state index in [2.05, 4.69) is 4.98 Å². The molecule has 0 aromatic carbocycles. The van der Waals surface area contributed by atoms with E-state index in [1.165, 1.54) is 27.0 Å². The van der Waals surface area contributed by atoms with Gasteiger partial charge in [0.15, 0.2) is 0 Å². The van der Waals surface area contributed by atoms with Crippen LogP contribution in [0.2, 0.25) is 5.15 Å². The van der Waals surface area contributed by atoms with Gasteiger partial charge in [0.1, 0.15) is 10.7 Å². The number of hydrogen-bond donors (Lipinski definition) is 0. The van der Waals surface area contributed by atoms with Crippen molar-refractivity contribution >= 4 is 29.6 Å². The van der Waals surface area contributed by atoms with E-state index in [4.69, 9.17) is 25.8 Å². The summed E-state index contributed by atoms with van der Waals surface area (Å²) in [5.41, 5.74) is 0.147. The molecule has 106 valence electrons. The molecule has 0 atom stereocenters. The lowest BCUT2D eigenvalue weighted by Crippen LogP contribution is -2.41. The molecule has 2 rings (SSSR count). The van der Waals surface area contributed by atoms with E-state index in [1.807, 2.05) is 0 Å². The lowest BCUT2D eigenvalue weighted by atomic mass is 10.1. The monoisotopic (exact) mass is 297 g/mol. The van der Waals surface area contributed by atoms with Crippen LogP contribution >= 0.6 is 11.6 Å². The number of carbonyl (C=O) groups excluding carboxylic acids is 2. The van der Waals surface area contributed by atoms with Crippen molar-refractivity contribution in [3.8, 4) is 5.88 Å². The minimum absolute atomic E-state index is 0.0993. The summed E-state index contributed by atoms with van der Waals surface area (Å²) in [6.45, 7) is 2.95. The minimum Gasteiger partial charge on any atom is -0.481 e. The number of carbonyl (C=O) groups is 2. The standard InChI is InChI=1S/C13H12ClNO5/c1-13(2)19-11(16)8(12(17)20-13)6-7-4-5-9(18-3)15-10(7)14/h4-6H,1-3H3. The molecule has 1 fully saturated rings. The van der Waals surface area contributed by atoms with Gasteiger partial charge >= 0.3 is 11.9 Å². The third-order valence-corrected chi connectivity index (χ3v) is 2.78. The van der Waals surface area contributed by atoms with E-state index in [1.54, 1.807) is 12.1 Å². The van der Waals surface area contributed by atoms with Crippen LogP contribution in [-0.4, -0.2) is 29.8 Å². The molecule has 0 bridgehead atoms. The zero-order valence-corrected chi connectivity index (χ0v) is 11.9. The van der Waals surface area contributed by atoms with E-state index in [9.17, 15) is 9.59 Å². The van der Waals surface area contributed by atoms with Gasteiger partial charge in [-0.1, -0.05) is 11.6 Å². The van der Waals surface area contributed by atoms with Crippen molar-refractivity contribution in [2.45, 2.75) is 19.6 Å². The Morgan fingerprint density at radius 1 is 1.25 bits per heavy atom. The number of esters is 2. The fraction of sp³-hybridized carbons (Fsp3) is 0.308. The fourth-order valence-electron chi connectivity index (χ4n) is 1.58. The Labute approximate surface area is 120 Å². The molecule has 0 unspecified atom stereocenters. The van der Waals surface area contributed by atoms with Gasteiger partial charge in [0.2, 0.25) is 5.88 Å². The van der Waals surface area contributed by atoms with Crippen LogP contribution in [0.15, 0.2) is 17.7 Å². The molecule has 1 aliphatic heterocycles. The first kappa shape index (κ1) is 14.3. The Hall–Kier alpha value is -2.08. The highest BCUT2D eigenvalue weighted by Crippen LogP contribution is 2.26. The minimum atomic E-state index is -1.27. The molecule has 1 aromatic rings. The summed E-state index contributed by atoms with van der Waals surface area (Å²) in [7, 11) is 1.45. The number of nitrogens with zero attached hydrogens (tertiary/aromatic N) is 1. The molecule has 2 heterocycles. The second kappa shape index (κ2) is 5.13. The van der Waals surface area contributed by atoms with Crippen molar-refractivity contribution in [3.63, 3.8) is 0 Å². The Balaban J connectivity index is 2.36. The number of cyclic esters (lactones) is 2. The van der Waals surface area contributed by atoms with Crippen LogP contribution in [0.1, 0.15) is 19.4 Å². The molecule has 0 spiro atoms. The van der Waals surface area contributed by atoms with Crippen LogP contribution < -0.4 is 4.74 Å². The number of hydrogen-bond acceptors (Lipinski definition) is 6. The summed E-state index contributed by atoms with van der Waals surface area (Å²) in [4.78, 5) is 27.5. The highest BCUT2D eigenvalue weighted by molar-refractivity contribution is 6.31. The Kier molecular flexibility index (Phi) is 3.67. The van der Waals surface area contributed by atoms with Gasteiger partial charge in [-0.3, -0.25) is 0 Å². The quantitative estimate of drug-likeness (QED) is 0.359. The van der Waals surface area contributed by atoms with Crippen LogP contribution in [0.5, 0.6) is 5.88 Å². The van der Waals surface area contributed by atoms with Gasteiger partial charge in [0.25, 0.3) is 5.79 Å². The van der Waals surface area contributed by atoms with Crippen molar-refractivity contribution < 1.29 is 23.8 Å². The topological polar surface area (TPSA) is 74.7 Å². The average molecular weight is 298 g/mol. The smallest absolute Gasteiger partial charge is 0.348 e. The highest BCUT2D eigenvalue weighted by atomic mass is 35.5. The largest absolute Gasteiger partial charge is 0.481 e. The van der Waals surface area contributed by atoms with E-state index in [-0.39, 0.29) is 10.7 Å². The van der Waals surface area contributed by atoms with Gasteiger partial charge in [-0.2, -0.15) is 0 Å². The fourth-order valence-corrected chi connectivity index (χ4v) is 1.78. The molecular weight excluding hydrogens is 286 g/mol. The van der Waals surface area contributed by atoms with Crippen LogP contribution in [-0.2, 0) is 19.1 Å². The lowest BCUT2D eigenvalue weighted by Gasteiger charge is -2.29. The van der Waals surface area contributed by atoms with E-state index in [0.29, 0.717) is 11.4 Å². The molecule has 0 amide bonds. The number of ether oxygens (including phenoxy) is 3. The number of aromatic nitrogens is 1. The second-order valence-electron chi connectivity index (χ2n) is 4.47. The molecule has 1 aromatic heterocycles. The maximum atomic E-state index is 11.8. The summed E-state index contributed by atoms with van der Waals surface area (Å²) in [6, 6.07) is 3.13. The Bertz CT molecular complexity index is 587. The van der Waals surface area contributed by atoms with Crippen molar-refractivity contribution in [1.29, 1.82) is 0 Å². The van der Waals surface area contributed by atoms with Crippen LogP contribution in [0.4, 0.5) is 0 Å². The molecule has 1 aliphatic rings. The summed E-state index contributed by atoms with van der Waals surface area (Å²) >= 11 is 5.94. The van der Waals surface area contributed by atoms with Crippen LogP contribution in [0, 0.1) is 0 Å². The SMILES string of the molecule is COc1ccc(C=C2C(=O)OC(C)(C)OC2=O)c(Cl)n1. The lowest BCUT2D eigenvalue weighted by molar-refractivity contribution is -0.222. The third-order valence-electron chi connectivity index (χ3n) is 2.48. The summed E-state index contributed by atoms with van der Waals surface area (Å²) < 4.78 is 14.9. The third kappa shape index (κ3) is 2.91. The predicted molar refractivity (Wildman–Crippen MR) is 70.0 cm³/mol. The van der Waals surface area contributed by atoms with E-state index in [0.717, 1.165) is 0 Å². The number of methoxy groups -OCH3 is 1. The normalized spacial score (nSPS) is 17.3. The van der Waals surface area contributed by atoms with Crippen LogP contribution in [0.3, 0.4) is 0 Å². The molecule has 20 heavy (non-hydrogen) atoms. The Morgan fingerprint density at radius 3 is 2.35 bits per heavy atom. The van der Waals surface area contributed by atoms with Crippen LogP contribution in [0.25, 0.3) is 6.08 Å². The van der Waals surface area contributed by atoms with Gasteiger partial charge < -0.3 is 14.2 Å². The summed E-state index contributed by atoms with van der Waals surface area (Å²) in [6.07, 6.45) is 1.27. The summed E-state index contributed by atoms with van der Waals surface area (Å²) in [5.74, 6) is -2.48. The molecule has 0 aliphatic carbocycles.